The van der Waals surface area contributed by atoms with Gasteiger partial charge in [0, 0.05) is 36.6 Å². The van der Waals surface area contributed by atoms with Crippen LogP contribution in [0.4, 0.5) is 22.0 Å². The second kappa shape index (κ2) is 9.83. The van der Waals surface area contributed by atoms with Gasteiger partial charge in [-0.05, 0) is 55.4 Å². The molecule has 37 heavy (non-hydrogen) atoms. The Bertz CT molecular complexity index is 1460. The predicted molar refractivity (Wildman–Crippen MR) is 123 cm³/mol. The van der Waals surface area contributed by atoms with Crippen LogP contribution in [-0.2, 0) is 0 Å². The first kappa shape index (κ1) is 24.7. The lowest BCUT2D eigenvalue weighted by Gasteiger charge is -2.27. The number of aromatic nitrogens is 4. The minimum Gasteiger partial charge on any atom is -0.503 e. The summed E-state index contributed by atoms with van der Waals surface area (Å²) in [4.78, 5) is 17.0. The topological polar surface area (TPSA) is 84.5 Å². The summed E-state index contributed by atoms with van der Waals surface area (Å²) >= 11 is 0. The maximum Gasteiger partial charge on any atom is 0.333 e. The first-order valence-electron chi connectivity index (χ1n) is 11.7. The highest BCUT2D eigenvalue weighted by atomic mass is 19.3. The van der Waals surface area contributed by atoms with Crippen LogP contribution in [0.5, 0.6) is 5.75 Å². The van der Waals surface area contributed by atoms with Crippen molar-refractivity contribution in [2.24, 2.45) is 5.92 Å². The summed E-state index contributed by atoms with van der Waals surface area (Å²) in [5, 5.41) is 15.3. The van der Waals surface area contributed by atoms with Gasteiger partial charge in [-0.15, -0.1) is 0 Å². The number of halogens is 5. The van der Waals surface area contributed by atoms with Crippen LogP contribution in [0.2, 0.25) is 0 Å². The van der Waals surface area contributed by atoms with Crippen molar-refractivity contribution in [3.63, 3.8) is 0 Å². The number of phenolic OH excluding ortho intramolecular Hbond substituents is 1. The van der Waals surface area contributed by atoms with E-state index in [1.54, 1.807) is 6.07 Å². The fourth-order valence-electron chi connectivity index (χ4n) is 4.72. The summed E-state index contributed by atoms with van der Waals surface area (Å²) in [6.07, 6.45) is 9.54. The Balaban J connectivity index is 1.19. The van der Waals surface area contributed by atoms with E-state index < -0.39 is 41.2 Å². The molecule has 0 radical (unpaired) electrons. The van der Waals surface area contributed by atoms with Gasteiger partial charge in [0.15, 0.2) is 17.4 Å². The largest absolute Gasteiger partial charge is 0.503 e. The number of pyridine rings is 1. The number of hydrogen-bond acceptors (Lipinski definition) is 4. The van der Waals surface area contributed by atoms with Crippen LogP contribution in [0.25, 0.3) is 16.8 Å². The molecule has 0 spiro atoms. The van der Waals surface area contributed by atoms with Gasteiger partial charge < -0.3 is 14.8 Å². The summed E-state index contributed by atoms with van der Waals surface area (Å²) in [7, 11) is 0. The molecule has 1 aliphatic rings. The van der Waals surface area contributed by atoms with Crippen molar-refractivity contribution in [3.8, 4) is 16.9 Å². The zero-order chi connectivity index (χ0) is 26.3. The van der Waals surface area contributed by atoms with Crippen molar-refractivity contribution in [1.29, 1.82) is 0 Å². The third-order valence-electron chi connectivity index (χ3n) is 6.81. The average molecular weight is 519 g/mol. The first-order valence-corrected chi connectivity index (χ1v) is 11.7. The molecule has 194 valence electrons. The van der Waals surface area contributed by atoms with E-state index in [-0.39, 0.29) is 18.4 Å². The molecule has 0 unspecified atom stereocenters. The molecule has 0 saturated heterocycles. The summed E-state index contributed by atoms with van der Waals surface area (Å²) < 4.78 is 69.1. The van der Waals surface area contributed by atoms with Crippen molar-refractivity contribution in [2.45, 2.75) is 38.2 Å². The van der Waals surface area contributed by atoms with Gasteiger partial charge in [0.25, 0.3) is 5.91 Å². The third-order valence-corrected chi connectivity index (χ3v) is 6.81. The molecule has 1 amide bonds. The number of imidazole rings is 1. The fraction of sp³-hybridized carbons (Fsp3) is 0.320. The Morgan fingerprint density at radius 1 is 1.08 bits per heavy atom. The van der Waals surface area contributed by atoms with Crippen molar-refractivity contribution in [3.05, 3.63) is 71.7 Å². The summed E-state index contributed by atoms with van der Waals surface area (Å²) in [5.41, 5.74) is 2.07. The molecule has 4 aromatic rings. The van der Waals surface area contributed by atoms with Gasteiger partial charge in [0.2, 0.25) is 5.82 Å². The minimum atomic E-state index is -2.71. The van der Waals surface area contributed by atoms with E-state index in [1.165, 1.54) is 12.4 Å². The fourth-order valence-corrected chi connectivity index (χ4v) is 4.72. The Labute approximate surface area is 207 Å². The van der Waals surface area contributed by atoms with Gasteiger partial charge in [0.05, 0.1) is 17.5 Å². The number of carbonyl (C=O) groups is 1. The quantitative estimate of drug-likeness (QED) is 0.263. The second-order valence-electron chi connectivity index (χ2n) is 9.14. The molecular weight excluding hydrogens is 497 g/mol. The number of alkyl halides is 2. The van der Waals surface area contributed by atoms with Crippen LogP contribution in [0.15, 0.2) is 43.0 Å². The number of benzene rings is 1. The lowest BCUT2D eigenvalue weighted by molar-refractivity contribution is 0.0566. The van der Waals surface area contributed by atoms with Crippen LogP contribution in [0.1, 0.15) is 54.2 Å². The van der Waals surface area contributed by atoms with E-state index >= 15 is 0 Å². The number of phenols is 1. The van der Waals surface area contributed by atoms with E-state index in [0.717, 1.165) is 36.9 Å². The van der Waals surface area contributed by atoms with E-state index in [9.17, 15) is 26.7 Å². The molecule has 1 aliphatic carbocycles. The standard InChI is InChI=1S/C25H22F5N5O2/c26-18-8-17(21(27)22(28)23(18)36)24(37)31-9-13-1-3-14(4-2-13)19-12-34-6-5-15(7-20(34)33-19)16-10-32-35(11-16)25(29)30/h5-8,10-14,25,36H,1-4,9H2,(H,31,37)/t13-,14-. The highest BCUT2D eigenvalue weighted by Gasteiger charge is 2.26. The highest BCUT2D eigenvalue weighted by Crippen LogP contribution is 2.35. The van der Waals surface area contributed by atoms with Crippen molar-refractivity contribution >= 4 is 11.6 Å². The number of rotatable bonds is 6. The molecule has 0 bridgehead atoms. The first-order chi connectivity index (χ1) is 17.7. The maximum atomic E-state index is 13.9. The van der Waals surface area contributed by atoms with E-state index in [1.807, 2.05) is 22.9 Å². The monoisotopic (exact) mass is 519 g/mol. The zero-order valence-corrected chi connectivity index (χ0v) is 19.3. The van der Waals surface area contributed by atoms with Crippen molar-refractivity contribution in [2.75, 3.05) is 6.54 Å². The third kappa shape index (κ3) is 4.87. The van der Waals surface area contributed by atoms with Gasteiger partial charge in [0.1, 0.15) is 5.65 Å². The van der Waals surface area contributed by atoms with E-state index in [0.29, 0.717) is 22.0 Å². The average Bonchev–Trinajstić information content (AvgIpc) is 3.56. The normalized spacial score (nSPS) is 18.0. The molecule has 3 heterocycles. The second-order valence-corrected chi connectivity index (χ2v) is 9.14. The summed E-state index contributed by atoms with van der Waals surface area (Å²) in [5.74, 6) is -6.93. The van der Waals surface area contributed by atoms with Crippen molar-refractivity contribution < 1.29 is 31.9 Å². The van der Waals surface area contributed by atoms with Crippen LogP contribution in [-0.4, -0.2) is 36.7 Å². The molecule has 7 nitrogen and oxygen atoms in total. The van der Waals surface area contributed by atoms with Crippen LogP contribution < -0.4 is 5.32 Å². The minimum absolute atomic E-state index is 0.102. The SMILES string of the molecule is O=C(NC[C@H]1CC[C@H](c2cn3ccc(-c4cnn(C(F)F)c4)cc3n2)CC1)c1cc(F)c(O)c(F)c1F. The molecule has 1 fully saturated rings. The van der Waals surface area contributed by atoms with Crippen LogP contribution in [0, 0.1) is 23.4 Å². The van der Waals surface area contributed by atoms with Gasteiger partial charge in [-0.2, -0.15) is 18.3 Å². The molecule has 12 heteroatoms. The van der Waals surface area contributed by atoms with Gasteiger partial charge in [-0.25, -0.2) is 18.4 Å². The number of aromatic hydroxyl groups is 1. The lowest BCUT2D eigenvalue weighted by Crippen LogP contribution is -2.32. The van der Waals surface area contributed by atoms with Gasteiger partial charge >= 0.3 is 6.55 Å². The molecule has 5 rings (SSSR count). The molecule has 0 atom stereocenters. The van der Waals surface area contributed by atoms with E-state index in [2.05, 4.69) is 10.4 Å². The Morgan fingerprint density at radius 2 is 1.84 bits per heavy atom. The van der Waals surface area contributed by atoms with Crippen LogP contribution in [0.3, 0.4) is 0 Å². The molecule has 2 N–H and O–H groups in total. The highest BCUT2D eigenvalue weighted by molar-refractivity contribution is 5.94. The smallest absolute Gasteiger partial charge is 0.333 e. The number of nitrogens with one attached hydrogen (secondary N) is 1. The molecular formula is C25H22F5N5O2. The van der Waals surface area contributed by atoms with Gasteiger partial charge in [-0.3, -0.25) is 4.79 Å². The van der Waals surface area contributed by atoms with Crippen molar-refractivity contribution in [1.82, 2.24) is 24.5 Å². The number of fused-ring (bicyclic) bond motifs is 1. The number of nitrogens with zero attached hydrogens (tertiary/aromatic N) is 4. The Hall–Kier alpha value is -3.96. The maximum absolute atomic E-state index is 13.9. The number of hydrogen-bond donors (Lipinski definition) is 2. The lowest BCUT2D eigenvalue weighted by atomic mass is 9.80. The number of amides is 1. The summed E-state index contributed by atoms with van der Waals surface area (Å²) in [6, 6.07) is 4.09. The Kier molecular flexibility index (Phi) is 6.57. The van der Waals surface area contributed by atoms with E-state index in [4.69, 9.17) is 10.1 Å². The molecule has 1 aromatic carbocycles. The summed E-state index contributed by atoms with van der Waals surface area (Å²) in [6.45, 7) is -2.49. The Morgan fingerprint density at radius 3 is 2.54 bits per heavy atom. The van der Waals surface area contributed by atoms with Gasteiger partial charge in [-0.1, -0.05) is 0 Å². The van der Waals surface area contributed by atoms with Crippen LogP contribution >= 0.6 is 0 Å². The molecule has 0 aliphatic heterocycles. The molecule has 1 saturated carbocycles. The zero-order valence-electron chi connectivity index (χ0n) is 19.3. The molecule has 3 aromatic heterocycles. The predicted octanol–water partition coefficient (Wildman–Crippen LogP) is 5.42. The number of carbonyl (C=O) groups excluding carboxylic acids is 1.